The zero-order chi connectivity index (χ0) is 12.1. The highest BCUT2D eigenvalue weighted by atomic mass is 32.1. The Morgan fingerprint density at radius 1 is 1.50 bits per heavy atom. The molecule has 1 heterocycles. The van der Waals surface area contributed by atoms with Crippen LogP contribution in [0.15, 0.2) is 17.5 Å². The van der Waals surface area contributed by atoms with E-state index in [1.807, 2.05) is 43.4 Å². The van der Waals surface area contributed by atoms with Crippen molar-refractivity contribution in [1.82, 2.24) is 4.90 Å². The van der Waals surface area contributed by atoms with Crippen LogP contribution in [-0.4, -0.2) is 24.8 Å². The van der Waals surface area contributed by atoms with Gasteiger partial charge >= 0.3 is 0 Å². The maximum atomic E-state index is 12.3. The van der Waals surface area contributed by atoms with Gasteiger partial charge in [0.05, 0.1) is 0 Å². The highest BCUT2D eigenvalue weighted by molar-refractivity contribution is 7.10. The molecule has 3 heteroatoms. The number of likely N-dealkylation sites (N-methyl/N-ethyl adjacent to an activating group) is 1. The van der Waals surface area contributed by atoms with Crippen molar-refractivity contribution < 1.29 is 4.79 Å². The first kappa shape index (κ1) is 13.4. The van der Waals surface area contributed by atoms with Gasteiger partial charge in [-0.25, -0.2) is 0 Å². The average molecular weight is 239 g/mol. The molecule has 0 amide bonds. The van der Waals surface area contributed by atoms with Gasteiger partial charge in [0.1, 0.15) is 6.04 Å². The monoisotopic (exact) mass is 239 g/mol. The molecule has 2 nitrogen and oxygen atoms in total. The normalized spacial score (nSPS) is 15.1. The average Bonchev–Trinajstić information content (AvgIpc) is 2.71. The molecule has 90 valence electrons. The predicted molar refractivity (Wildman–Crippen MR) is 69.8 cm³/mol. The molecule has 0 saturated heterocycles. The lowest BCUT2D eigenvalue weighted by atomic mass is 9.94. The van der Waals surface area contributed by atoms with E-state index in [4.69, 9.17) is 0 Å². The number of Topliss-reactive ketones (excluding diaryl/α,β-unsaturated/α-hetero) is 1. The summed E-state index contributed by atoms with van der Waals surface area (Å²) < 4.78 is 0. The van der Waals surface area contributed by atoms with Crippen molar-refractivity contribution >= 4 is 17.1 Å². The van der Waals surface area contributed by atoms with Crippen LogP contribution in [0.4, 0.5) is 0 Å². The minimum absolute atomic E-state index is 0.0680. The lowest BCUT2D eigenvalue weighted by Crippen LogP contribution is -2.30. The standard InChI is InChI=1S/C13H21NOS/c1-5-7-10(2)13(15)12(14(3)4)11-8-6-9-16-11/h6,8-10,12H,5,7H2,1-4H3. The molecule has 0 N–H and O–H groups in total. The van der Waals surface area contributed by atoms with E-state index in [1.165, 1.54) is 0 Å². The third-order valence-corrected chi connectivity index (χ3v) is 3.73. The molecular formula is C13H21NOS. The molecule has 0 radical (unpaired) electrons. The zero-order valence-corrected chi connectivity index (χ0v) is 11.4. The summed E-state index contributed by atoms with van der Waals surface area (Å²) in [6.07, 6.45) is 2.05. The summed E-state index contributed by atoms with van der Waals surface area (Å²) in [5.41, 5.74) is 0. The molecule has 1 rings (SSSR count). The molecule has 0 aliphatic heterocycles. The number of rotatable bonds is 6. The molecule has 0 spiro atoms. The summed E-state index contributed by atoms with van der Waals surface area (Å²) in [5, 5.41) is 2.03. The number of ketones is 1. The van der Waals surface area contributed by atoms with Gasteiger partial charge in [-0.05, 0) is 32.0 Å². The van der Waals surface area contributed by atoms with E-state index in [-0.39, 0.29) is 12.0 Å². The van der Waals surface area contributed by atoms with Crippen LogP contribution in [0.5, 0.6) is 0 Å². The fraction of sp³-hybridized carbons (Fsp3) is 0.615. The molecular weight excluding hydrogens is 218 g/mol. The van der Waals surface area contributed by atoms with Crippen LogP contribution < -0.4 is 0 Å². The van der Waals surface area contributed by atoms with Crippen LogP contribution in [0.1, 0.15) is 37.6 Å². The Bertz CT molecular complexity index is 319. The van der Waals surface area contributed by atoms with Gasteiger partial charge in [0, 0.05) is 10.8 Å². The summed E-state index contributed by atoms with van der Waals surface area (Å²) >= 11 is 1.66. The fourth-order valence-electron chi connectivity index (χ4n) is 1.94. The molecule has 0 bridgehead atoms. The summed E-state index contributed by atoms with van der Waals surface area (Å²) in [7, 11) is 3.95. The van der Waals surface area contributed by atoms with E-state index in [9.17, 15) is 4.79 Å². The van der Waals surface area contributed by atoms with Crippen molar-refractivity contribution in [2.24, 2.45) is 5.92 Å². The number of nitrogens with zero attached hydrogens (tertiary/aromatic N) is 1. The molecule has 16 heavy (non-hydrogen) atoms. The quantitative estimate of drug-likeness (QED) is 0.758. The number of carbonyl (C=O) groups is 1. The second kappa shape index (κ2) is 6.16. The molecule has 0 aliphatic rings. The highest BCUT2D eigenvalue weighted by Gasteiger charge is 2.27. The Labute approximate surface area is 102 Å². The molecule has 0 aliphatic carbocycles. The third kappa shape index (κ3) is 3.16. The first-order chi connectivity index (χ1) is 7.57. The van der Waals surface area contributed by atoms with Crippen molar-refractivity contribution in [3.05, 3.63) is 22.4 Å². The van der Waals surface area contributed by atoms with Gasteiger partial charge in [-0.15, -0.1) is 11.3 Å². The Hall–Kier alpha value is -0.670. The maximum absolute atomic E-state index is 12.3. The van der Waals surface area contributed by atoms with Crippen LogP contribution in [0.2, 0.25) is 0 Å². The second-order valence-corrected chi connectivity index (χ2v) is 5.45. The minimum atomic E-state index is -0.0680. The number of hydrogen-bond donors (Lipinski definition) is 0. The molecule has 0 fully saturated rings. The van der Waals surface area contributed by atoms with Gasteiger partial charge < -0.3 is 0 Å². The maximum Gasteiger partial charge on any atom is 0.158 e. The summed E-state index contributed by atoms with van der Waals surface area (Å²) in [4.78, 5) is 15.5. The Morgan fingerprint density at radius 3 is 2.62 bits per heavy atom. The molecule has 0 aromatic carbocycles. The minimum Gasteiger partial charge on any atom is -0.297 e. The summed E-state index contributed by atoms with van der Waals surface area (Å²) in [6.45, 7) is 4.16. The number of thiophene rings is 1. The first-order valence-corrected chi connectivity index (χ1v) is 6.69. The lowest BCUT2D eigenvalue weighted by molar-refractivity contribution is -0.127. The van der Waals surface area contributed by atoms with Crippen molar-refractivity contribution in [2.75, 3.05) is 14.1 Å². The van der Waals surface area contributed by atoms with E-state index >= 15 is 0 Å². The third-order valence-electron chi connectivity index (χ3n) is 2.81. The molecule has 1 aromatic heterocycles. The van der Waals surface area contributed by atoms with Gasteiger partial charge in [0.15, 0.2) is 5.78 Å². The van der Waals surface area contributed by atoms with E-state index in [0.717, 1.165) is 17.7 Å². The summed E-state index contributed by atoms with van der Waals surface area (Å²) in [5.74, 6) is 0.494. The molecule has 2 unspecified atom stereocenters. The Morgan fingerprint density at radius 2 is 2.19 bits per heavy atom. The summed E-state index contributed by atoms with van der Waals surface area (Å²) in [6, 6.07) is 3.99. The van der Waals surface area contributed by atoms with Crippen LogP contribution in [0, 0.1) is 5.92 Å². The van der Waals surface area contributed by atoms with Gasteiger partial charge in [-0.3, -0.25) is 9.69 Å². The second-order valence-electron chi connectivity index (χ2n) is 4.47. The topological polar surface area (TPSA) is 20.3 Å². The van der Waals surface area contributed by atoms with Crippen molar-refractivity contribution in [2.45, 2.75) is 32.7 Å². The van der Waals surface area contributed by atoms with Crippen LogP contribution in [0.3, 0.4) is 0 Å². The smallest absolute Gasteiger partial charge is 0.158 e. The fourth-order valence-corrected chi connectivity index (χ4v) is 2.87. The van der Waals surface area contributed by atoms with Gasteiger partial charge in [0.2, 0.25) is 0 Å². The molecule has 2 atom stereocenters. The van der Waals surface area contributed by atoms with Crippen LogP contribution >= 0.6 is 11.3 Å². The van der Waals surface area contributed by atoms with Crippen molar-refractivity contribution in [1.29, 1.82) is 0 Å². The van der Waals surface area contributed by atoms with E-state index in [0.29, 0.717) is 5.78 Å². The lowest BCUT2D eigenvalue weighted by Gasteiger charge is -2.24. The largest absolute Gasteiger partial charge is 0.297 e. The first-order valence-electron chi connectivity index (χ1n) is 5.81. The van der Waals surface area contributed by atoms with E-state index in [2.05, 4.69) is 6.92 Å². The Kier molecular flexibility index (Phi) is 5.16. The van der Waals surface area contributed by atoms with Crippen LogP contribution in [0.25, 0.3) is 0 Å². The van der Waals surface area contributed by atoms with Gasteiger partial charge in [0.25, 0.3) is 0 Å². The van der Waals surface area contributed by atoms with Gasteiger partial charge in [-0.2, -0.15) is 0 Å². The SMILES string of the molecule is CCCC(C)C(=O)C(c1cccs1)N(C)C. The van der Waals surface area contributed by atoms with E-state index in [1.54, 1.807) is 11.3 Å². The van der Waals surface area contributed by atoms with Crippen molar-refractivity contribution in [3.8, 4) is 0 Å². The van der Waals surface area contributed by atoms with E-state index < -0.39 is 0 Å². The molecule has 1 aromatic rings. The van der Waals surface area contributed by atoms with Crippen molar-refractivity contribution in [3.63, 3.8) is 0 Å². The Balaban J connectivity index is 2.83. The predicted octanol–water partition coefficient (Wildman–Crippen LogP) is 3.36. The highest BCUT2D eigenvalue weighted by Crippen LogP contribution is 2.27. The number of hydrogen-bond acceptors (Lipinski definition) is 3. The zero-order valence-electron chi connectivity index (χ0n) is 10.6. The molecule has 0 saturated carbocycles. The van der Waals surface area contributed by atoms with Gasteiger partial charge in [-0.1, -0.05) is 26.3 Å². The van der Waals surface area contributed by atoms with Crippen LogP contribution in [-0.2, 0) is 4.79 Å². The number of carbonyl (C=O) groups excluding carboxylic acids is 1.